The summed E-state index contributed by atoms with van der Waals surface area (Å²) in [7, 11) is -1.03. The standard InChI is InChI=1S/C17H19FN2O5S/c1-24-15-5-3-11(7-16(15)25-2)4-6-17(21)20-13-8-12(18)9-14(10-13)26(19,22)23/h3,5,7-10H,4,6H2,1-2H3,(H,20,21)(H2,19,22,23). The first-order chi connectivity index (χ1) is 12.2. The highest BCUT2D eigenvalue weighted by molar-refractivity contribution is 7.89. The average Bonchev–Trinajstić information content (AvgIpc) is 2.58. The summed E-state index contributed by atoms with van der Waals surface area (Å²) in [5.74, 6) is -0.0817. The number of ether oxygens (including phenoxy) is 2. The molecule has 0 saturated heterocycles. The van der Waals surface area contributed by atoms with Gasteiger partial charge in [-0.2, -0.15) is 0 Å². The first-order valence-corrected chi connectivity index (χ1v) is 9.11. The van der Waals surface area contributed by atoms with Gasteiger partial charge in [-0.1, -0.05) is 6.07 Å². The second-order valence-corrected chi connectivity index (χ2v) is 7.02. The van der Waals surface area contributed by atoms with Crippen molar-refractivity contribution in [2.75, 3.05) is 19.5 Å². The first-order valence-electron chi connectivity index (χ1n) is 7.57. The molecule has 0 unspecified atom stereocenters. The number of primary sulfonamides is 1. The maximum atomic E-state index is 13.5. The summed E-state index contributed by atoms with van der Waals surface area (Å²) >= 11 is 0. The van der Waals surface area contributed by atoms with Gasteiger partial charge in [-0.05, 0) is 42.3 Å². The molecule has 0 fully saturated rings. The average molecular weight is 382 g/mol. The maximum Gasteiger partial charge on any atom is 0.238 e. The zero-order chi connectivity index (χ0) is 19.3. The number of hydrogen-bond donors (Lipinski definition) is 2. The molecule has 9 heteroatoms. The van der Waals surface area contributed by atoms with Crippen molar-refractivity contribution in [3.05, 3.63) is 47.8 Å². The van der Waals surface area contributed by atoms with Gasteiger partial charge in [-0.25, -0.2) is 17.9 Å². The molecule has 0 bridgehead atoms. The molecule has 0 saturated carbocycles. The molecule has 0 atom stereocenters. The van der Waals surface area contributed by atoms with E-state index in [1.54, 1.807) is 18.2 Å². The quantitative estimate of drug-likeness (QED) is 0.762. The molecule has 0 aliphatic rings. The van der Waals surface area contributed by atoms with Crippen LogP contribution in [0.1, 0.15) is 12.0 Å². The van der Waals surface area contributed by atoms with Crippen LogP contribution in [-0.4, -0.2) is 28.5 Å². The Balaban J connectivity index is 2.05. The van der Waals surface area contributed by atoms with Crippen molar-refractivity contribution in [3.63, 3.8) is 0 Å². The van der Waals surface area contributed by atoms with E-state index >= 15 is 0 Å². The summed E-state index contributed by atoms with van der Waals surface area (Å²) in [6.45, 7) is 0. The van der Waals surface area contributed by atoms with Crippen LogP contribution < -0.4 is 19.9 Å². The second-order valence-electron chi connectivity index (χ2n) is 5.46. The normalized spacial score (nSPS) is 11.1. The number of rotatable bonds is 7. The number of amides is 1. The third kappa shape index (κ3) is 5.17. The Morgan fingerprint density at radius 1 is 1.12 bits per heavy atom. The minimum absolute atomic E-state index is 0.0198. The number of aryl methyl sites for hydroxylation is 1. The van der Waals surface area contributed by atoms with E-state index in [0.717, 1.165) is 23.8 Å². The monoisotopic (exact) mass is 382 g/mol. The molecule has 0 heterocycles. The number of methoxy groups -OCH3 is 2. The third-order valence-electron chi connectivity index (χ3n) is 3.57. The summed E-state index contributed by atoms with van der Waals surface area (Å²) in [5.41, 5.74) is 0.869. The van der Waals surface area contributed by atoms with Gasteiger partial charge in [-0.15, -0.1) is 0 Å². The first kappa shape index (κ1) is 19.7. The van der Waals surface area contributed by atoms with Crippen molar-refractivity contribution in [2.45, 2.75) is 17.7 Å². The molecule has 0 aromatic heterocycles. The molecule has 26 heavy (non-hydrogen) atoms. The van der Waals surface area contributed by atoms with Gasteiger partial charge in [0.25, 0.3) is 0 Å². The SMILES string of the molecule is COc1ccc(CCC(=O)Nc2cc(F)cc(S(N)(=O)=O)c2)cc1OC. The van der Waals surface area contributed by atoms with Crippen LogP contribution in [0.3, 0.4) is 0 Å². The molecule has 2 aromatic carbocycles. The Hall–Kier alpha value is -2.65. The Bertz CT molecular complexity index is 915. The van der Waals surface area contributed by atoms with Gasteiger partial charge in [0, 0.05) is 12.1 Å². The summed E-state index contributed by atoms with van der Waals surface area (Å²) in [4.78, 5) is 11.7. The molecular weight excluding hydrogens is 363 g/mol. The van der Waals surface area contributed by atoms with E-state index in [9.17, 15) is 17.6 Å². The predicted molar refractivity (Wildman–Crippen MR) is 94.3 cm³/mol. The summed E-state index contributed by atoms with van der Waals surface area (Å²) < 4.78 is 46.5. The Morgan fingerprint density at radius 3 is 2.42 bits per heavy atom. The van der Waals surface area contributed by atoms with Crippen LogP contribution in [0.25, 0.3) is 0 Å². The number of halogens is 1. The van der Waals surface area contributed by atoms with Crippen LogP contribution in [0.5, 0.6) is 11.5 Å². The van der Waals surface area contributed by atoms with Crippen molar-refractivity contribution in [2.24, 2.45) is 5.14 Å². The maximum absolute atomic E-state index is 13.5. The van der Waals surface area contributed by atoms with Crippen molar-refractivity contribution < 1.29 is 27.1 Å². The number of hydrogen-bond acceptors (Lipinski definition) is 5. The van der Waals surface area contributed by atoms with Gasteiger partial charge in [0.05, 0.1) is 19.1 Å². The smallest absolute Gasteiger partial charge is 0.238 e. The van der Waals surface area contributed by atoms with Crippen molar-refractivity contribution in [1.82, 2.24) is 0 Å². The summed E-state index contributed by atoms with van der Waals surface area (Å²) in [6, 6.07) is 8.20. The molecule has 0 aliphatic heterocycles. The van der Waals surface area contributed by atoms with Crippen molar-refractivity contribution in [3.8, 4) is 11.5 Å². The molecule has 1 amide bonds. The van der Waals surface area contributed by atoms with Crippen LogP contribution in [0.4, 0.5) is 10.1 Å². The van der Waals surface area contributed by atoms with Crippen molar-refractivity contribution >= 4 is 21.6 Å². The van der Waals surface area contributed by atoms with Gasteiger partial charge in [-0.3, -0.25) is 4.79 Å². The number of carbonyl (C=O) groups is 1. The fourth-order valence-corrected chi connectivity index (χ4v) is 2.88. The summed E-state index contributed by atoms with van der Waals surface area (Å²) in [5, 5.41) is 7.44. The van der Waals surface area contributed by atoms with Gasteiger partial charge < -0.3 is 14.8 Å². The van der Waals surface area contributed by atoms with E-state index in [4.69, 9.17) is 14.6 Å². The van der Waals surface area contributed by atoms with E-state index in [0.29, 0.717) is 17.9 Å². The van der Waals surface area contributed by atoms with E-state index in [2.05, 4.69) is 5.32 Å². The van der Waals surface area contributed by atoms with E-state index in [1.807, 2.05) is 0 Å². The lowest BCUT2D eigenvalue weighted by molar-refractivity contribution is -0.116. The Morgan fingerprint density at radius 2 is 1.81 bits per heavy atom. The largest absolute Gasteiger partial charge is 0.493 e. The topological polar surface area (TPSA) is 108 Å². The molecule has 7 nitrogen and oxygen atoms in total. The lowest BCUT2D eigenvalue weighted by atomic mass is 10.1. The van der Waals surface area contributed by atoms with Crippen LogP contribution in [-0.2, 0) is 21.2 Å². The fraction of sp³-hybridized carbons (Fsp3) is 0.235. The Labute approximate surface area is 151 Å². The molecule has 0 spiro atoms. The minimum Gasteiger partial charge on any atom is -0.493 e. The number of nitrogens with one attached hydrogen (secondary N) is 1. The van der Waals surface area contributed by atoms with Crippen molar-refractivity contribution in [1.29, 1.82) is 0 Å². The summed E-state index contributed by atoms with van der Waals surface area (Å²) in [6.07, 6.45) is 0.514. The third-order valence-corrected chi connectivity index (χ3v) is 4.47. The Kier molecular flexibility index (Phi) is 6.17. The van der Waals surface area contributed by atoms with E-state index < -0.39 is 26.6 Å². The van der Waals surface area contributed by atoms with Gasteiger partial charge in [0.15, 0.2) is 11.5 Å². The lowest BCUT2D eigenvalue weighted by Gasteiger charge is -2.10. The highest BCUT2D eigenvalue weighted by Crippen LogP contribution is 2.28. The van der Waals surface area contributed by atoms with Crippen LogP contribution in [0, 0.1) is 5.82 Å². The highest BCUT2D eigenvalue weighted by Gasteiger charge is 2.13. The zero-order valence-corrected chi connectivity index (χ0v) is 15.1. The highest BCUT2D eigenvalue weighted by atomic mass is 32.2. The number of nitrogens with two attached hydrogens (primary N) is 1. The van der Waals surface area contributed by atoms with Gasteiger partial charge >= 0.3 is 0 Å². The molecule has 2 aromatic rings. The molecule has 140 valence electrons. The number of anilines is 1. The molecule has 0 aliphatic carbocycles. The molecule has 0 radical (unpaired) electrons. The minimum atomic E-state index is -4.07. The molecule has 2 rings (SSSR count). The predicted octanol–water partition coefficient (Wildman–Crippen LogP) is 2.06. The molecular formula is C17H19FN2O5S. The fourth-order valence-electron chi connectivity index (χ4n) is 2.32. The van der Waals surface area contributed by atoms with Gasteiger partial charge in [0.2, 0.25) is 15.9 Å². The lowest BCUT2D eigenvalue weighted by Crippen LogP contribution is -2.15. The van der Waals surface area contributed by atoms with Crippen LogP contribution in [0.15, 0.2) is 41.3 Å². The van der Waals surface area contributed by atoms with Crippen LogP contribution in [0.2, 0.25) is 0 Å². The second kappa shape index (κ2) is 8.15. The number of carbonyl (C=O) groups excluding carboxylic acids is 1. The zero-order valence-electron chi connectivity index (χ0n) is 14.3. The van der Waals surface area contributed by atoms with Gasteiger partial charge in [0.1, 0.15) is 5.82 Å². The number of benzene rings is 2. The van der Waals surface area contributed by atoms with E-state index in [-0.39, 0.29) is 12.1 Å². The number of sulfonamides is 1. The molecule has 3 N–H and O–H groups in total. The van der Waals surface area contributed by atoms with Crippen LogP contribution >= 0.6 is 0 Å². The van der Waals surface area contributed by atoms with E-state index in [1.165, 1.54) is 14.2 Å².